The van der Waals surface area contributed by atoms with Crippen LogP contribution in [0.5, 0.6) is 11.5 Å². The van der Waals surface area contributed by atoms with Crippen molar-refractivity contribution >= 4 is 0 Å². The van der Waals surface area contributed by atoms with Gasteiger partial charge in [-0.3, -0.25) is 0 Å². The second kappa shape index (κ2) is 8.82. The molecule has 0 saturated heterocycles. The summed E-state index contributed by atoms with van der Waals surface area (Å²) in [6.07, 6.45) is 2.18. The normalized spacial score (nSPS) is 14.0. The Labute approximate surface area is 125 Å². The lowest BCUT2D eigenvalue weighted by Gasteiger charge is -2.19. The molecule has 120 valence electrons. The summed E-state index contributed by atoms with van der Waals surface area (Å²) in [6, 6.07) is 5.46. The van der Waals surface area contributed by atoms with Gasteiger partial charge in [0.25, 0.3) is 0 Å². The Kier molecular flexibility index (Phi) is 7.43. The van der Waals surface area contributed by atoms with Crippen molar-refractivity contribution in [3.63, 3.8) is 0 Å². The monoisotopic (exact) mass is 301 g/mol. The second-order valence-corrected chi connectivity index (χ2v) is 5.36. The van der Waals surface area contributed by atoms with Crippen LogP contribution in [0.1, 0.15) is 39.2 Å². The average Bonchev–Trinajstić information content (AvgIpc) is 2.45. The molecule has 0 aliphatic heterocycles. The molecular formula is C16H25F2NO2. The molecule has 2 unspecified atom stereocenters. The number of methoxy groups -OCH3 is 1. The number of hydrogen-bond acceptors (Lipinski definition) is 3. The van der Waals surface area contributed by atoms with E-state index < -0.39 is 6.61 Å². The number of hydrogen-bond donors (Lipinski definition) is 1. The minimum atomic E-state index is -2.86. The van der Waals surface area contributed by atoms with Crippen molar-refractivity contribution in [2.24, 2.45) is 5.92 Å². The molecule has 21 heavy (non-hydrogen) atoms. The minimum Gasteiger partial charge on any atom is -0.493 e. The van der Waals surface area contributed by atoms with E-state index in [1.54, 1.807) is 18.2 Å². The van der Waals surface area contributed by atoms with E-state index in [1.165, 1.54) is 7.11 Å². The summed E-state index contributed by atoms with van der Waals surface area (Å²) in [5.74, 6) is 1.07. The molecule has 2 atom stereocenters. The lowest BCUT2D eigenvalue weighted by Crippen LogP contribution is -2.27. The first kappa shape index (κ1) is 17.7. The molecule has 0 saturated carbocycles. The summed E-state index contributed by atoms with van der Waals surface area (Å²) < 4.78 is 34.8. The topological polar surface area (TPSA) is 30.5 Å². The number of nitrogens with one attached hydrogen (secondary N) is 1. The molecule has 0 radical (unpaired) electrons. The Bertz CT molecular complexity index is 427. The predicted octanol–water partition coefficient (Wildman–Crippen LogP) is 4.21. The fourth-order valence-electron chi connectivity index (χ4n) is 2.22. The maximum Gasteiger partial charge on any atom is 0.387 e. The van der Waals surface area contributed by atoms with Crippen LogP contribution >= 0.6 is 0 Å². The number of alkyl halides is 2. The lowest BCUT2D eigenvalue weighted by atomic mass is 10.0. The summed E-state index contributed by atoms with van der Waals surface area (Å²) in [5.41, 5.74) is 0.672. The predicted molar refractivity (Wildman–Crippen MR) is 80.0 cm³/mol. The third-order valence-corrected chi connectivity index (χ3v) is 3.58. The second-order valence-electron chi connectivity index (χ2n) is 5.36. The zero-order chi connectivity index (χ0) is 15.8. The molecule has 1 aromatic carbocycles. The highest BCUT2D eigenvalue weighted by Gasteiger charge is 2.16. The van der Waals surface area contributed by atoms with Crippen LogP contribution in [0.3, 0.4) is 0 Å². The van der Waals surface area contributed by atoms with Crippen molar-refractivity contribution in [1.29, 1.82) is 0 Å². The summed E-state index contributed by atoms with van der Waals surface area (Å²) in [4.78, 5) is 0. The van der Waals surface area contributed by atoms with Gasteiger partial charge in [0.05, 0.1) is 7.11 Å². The van der Waals surface area contributed by atoms with E-state index in [0.717, 1.165) is 12.8 Å². The highest BCUT2D eigenvalue weighted by atomic mass is 19.3. The molecule has 1 rings (SSSR count). The van der Waals surface area contributed by atoms with Gasteiger partial charge in [-0.15, -0.1) is 0 Å². The van der Waals surface area contributed by atoms with Gasteiger partial charge in [-0.25, -0.2) is 0 Å². The summed E-state index contributed by atoms with van der Waals surface area (Å²) >= 11 is 0. The number of para-hydroxylation sites is 1. The van der Waals surface area contributed by atoms with E-state index in [4.69, 9.17) is 4.74 Å². The number of rotatable bonds is 9. The molecule has 0 heterocycles. The number of ether oxygens (including phenoxy) is 2. The molecule has 0 spiro atoms. The van der Waals surface area contributed by atoms with E-state index >= 15 is 0 Å². The van der Waals surface area contributed by atoms with Gasteiger partial charge in [0, 0.05) is 18.2 Å². The van der Waals surface area contributed by atoms with Gasteiger partial charge in [-0.1, -0.05) is 32.4 Å². The van der Waals surface area contributed by atoms with E-state index in [9.17, 15) is 8.78 Å². The van der Waals surface area contributed by atoms with E-state index in [-0.39, 0.29) is 5.75 Å². The van der Waals surface area contributed by atoms with Crippen LogP contribution in [-0.2, 0) is 6.54 Å². The van der Waals surface area contributed by atoms with Crippen molar-refractivity contribution in [3.8, 4) is 11.5 Å². The first-order valence-electron chi connectivity index (χ1n) is 7.31. The third kappa shape index (κ3) is 5.87. The minimum absolute atomic E-state index is 0.109. The van der Waals surface area contributed by atoms with E-state index in [2.05, 4.69) is 30.8 Å². The molecule has 3 nitrogen and oxygen atoms in total. The molecule has 0 amide bonds. The number of halogens is 2. The summed E-state index contributed by atoms with van der Waals surface area (Å²) in [5, 5.41) is 3.35. The van der Waals surface area contributed by atoms with Crippen molar-refractivity contribution in [2.45, 2.75) is 52.8 Å². The van der Waals surface area contributed by atoms with Crippen LogP contribution in [0.4, 0.5) is 8.78 Å². The summed E-state index contributed by atoms with van der Waals surface area (Å²) in [7, 11) is 1.44. The molecule has 1 N–H and O–H groups in total. The molecular weight excluding hydrogens is 276 g/mol. The van der Waals surface area contributed by atoms with Crippen LogP contribution in [0.15, 0.2) is 18.2 Å². The van der Waals surface area contributed by atoms with Crippen LogP contribution in [0, 0.1) is 5.92 Å². The van der Waals surface area contributed by atoms with Gasteiger partial charge >= 0.3 is 6.61 Å². The summed E-state index contributed by atoms with van der Waals surface area (Å²) in [6.45, 7) is 4.07. The maximum atomic E-state index is 12.5. The van der Waals surface area contributed by atoms with Crippen LogP contribution in [0.2, 0.25) is 0 Å². The van der Waals surface area contributed by atoms with Gasteiger partial charge in [0.1, 0.15) is 0 Å². The van der Waals surface area contributed by atoms with Gasteiger partial charge in [-0.2, -0.15) is 8.78 Å². The van der Waals surface area contributed by atoms with Crippen LogP contribution in [0.25, 0.3) is 0 Å². The Morgan fingerprint density at radius 2 is 1.95 bits per heavy atom. The van der Waals surface area contributed by atoms with Crippen molar-refractivity contribution in [3.05, 3.63) is 23.8 Å². The van der Waals surface area contributed by atoms with Gasteiger partial charge < -0.3 is 14.8 Å². The third-order valence-electron chi connectivity index (χ3n) is 3.58. The van der Waals surface area contributed by atoms with Crippen molar-refractivity contribution < 1.29 is 18.3 Å². The molecule has 0 fully saturated rings. The maximum absolute atomic E-state index is 12.5. The highest BCUT2D eigenvalue weighted by molar-refractivity contribution is 5.46. The molecule has 0 aliphatic carbocycles. The Morgan fingerprint density at radius 3 is 2.52 bits per heavy atom. The largest absolute Gasteiger partial charge is 0.493 e. The Morgan fingerprint density at radius 1 is 1.24 bits per heavy atom. The molecule has 0 aromatic heterocycles. The highest BCUT2D eigenvalue weighted by Crippen LogP contribution is 2.32. The standard InChI is InChI=1S/C16H25F2NO2/c1-5-11(2)9-12(3)19-10-13-7-6-8-14(20-4)15(13)21-16(17)18/h6-8,11-12,16,19H,5,9-10H2,1-4H3. The first-order valence-corrected chi connectivity index (χ1v) is 7.31. The zero-order valence-electron chi connectivity index (χ0n) is 13.2. The van der Waals surface area contributed by atoms with E-state index in [1.807, 2.05) is 0 Å². The van der Waals surface area contributed by atoms with Gasteiger partial charge in [0.15, 0.2) is 11.5 Å². The molecule has 0 aliphatic rings. The average molecular weight is 301 g/mol. The van der Waals surface area contributed by atoms with Gasteiger partial charge in [0.2, 0.25) is 0 Å². The molecule has 1 aromatic rings. The Balaban J connectivity index is 2.73. The Hall–Kier alpha value is -1.36. The van der Waals surface area contributed by atoms with Gasteiger partial charge in [-0.05, 0) is 25.3 Å². The smallest absolute Gasteiger partial charge is 0.387 e. The fourth-order valence-corrected chi connectivity index (χ4v) is 2.22. The van der Waals surface area contributed by atoms with Crippen LogP contribution in [-0.4, -0.2) is 19.8 Å². The lowest BCUT2D eigenvalue weighted by molar-refractivity contribution is -0.0518. The quantitative estimate of drug-likeness (QED) is 0.741. The first-order chi connectivity index (χ1) is 9.97. The fraction of sp³-hybridized carbons (Fsp3) is 0.625. The number of benzene rings is 1. The van der Waals surface area contributed by atoms with Crippen LogP contribution < -0.4 is 14.8 Å². The zero-order valence-corrected chi connectivity index (χ0v) is 13.2. The SMILES string of the molecule is CCC(C)CC(C)NCc1cccc(OC)c1OC(F)F. The van der Waals surface area contributed by atoms with E-state index in [0.29, 0.717) is 29.8 Å². The molecule has 5 heteroatoms. The van der Waals surface area contributed by atoms with Crippen molar-refractivity contribution in [1.82, 2.24) is 5.32 Å². The molecule has 0 bridgehead atoms. The van der Waals surface area contributed by atoms with Crippen molar-refractivity contribution in [2.75, 3.05) is 7.11 Å².